The number of hydrogen-bond donors (Lipinski definition) is 1. The van der Waals surface area contributed by atoms with Crippen LogP contribution in [0.4, 0.5) is 4.39 Å². The fourth-order valence-electron chi connectivity index (χ4n) is 2.54. The Kier molecular flexibility index (Phi) is 5.49. The lowest BCUT2D eigenvalue weighted by atomic mass is 10.1. The zero-order valence-electron chi connectivity index (χ0n) is 12.7. The van der Waals surface area contributed by atoms with Crippen molar-refractivity contribution in [2.45, 2.75) is 19.8 Å². The van der Waals surface area contributed by atoms with Crippen LogP contribution in [-0.4, -0.2) is 59.5 Å². The predicted octanol–water partition coefficient (Wildman–Crippen LogP) is 1.76. The lowest BCUT2D eigenvalue weighted by Gasteiger charge is -2.34. The second-order valence-electron chi connectivity index (χ2n) is 5.60. The molecule has 1 aliphatic heterocycles. The fourth-order valence-corrected chi connectivity index (χ4v) is 2.54. The van der Waals surface area contributed by atoms with Crippen molar-refractivity contribution < 1.29 is 19.1 Å². The van der Waals surface area contributed by atoms with Crippen molar-refractivity contribution in [3.05, 3.63) is 35.1 Å². The molecule has 0 radical (unpaired) electrons. The molecular weight excluding hydrogens is 287 g/mol. The van der Waals surface area contributed by atoms with Gasteiger partial charge in [-0.15, -0.1) is 0 Å². The van der Waals surface area contributed by atoms with E-state index in [9.17, 15) is 14.0 Å². The van der Waals surface area contributed by atoms with Gasteiger partial charge in [-0.1, -0.05) is 6.07 Å². The van der Waals surface area contributed by atoms with Crippen molar-refractivity contribution in [3.8, 4) is 0 Å². The minimum absolute atomic E-state index is 0.149. The average Bonchev–Trinajstić information content (AvgIpc) is 2.50. The molecule has 6 heteroatoms. The van der Waals surface area contributed by atoms with Crippen molar-refractivity contribution in [1.29, 1.82) is 0 Å². The molecule has 0 bridgehead atoms. The minimum Gasteiger partial charge on any atom is -0.481 e. The largest absolute Gasteiger partial charge is 0.481 e. The van der Waals surface area contributed by atoms with Crippen LogP contribution in [0.25, 0.3) is 0 Å². The molecule has 1 heterocycles. The quantitative estimate of drug-likeness (QED) is 0.900. The molecule has 5 nitrogen and oxygen atoms in total. The van der Waals surface area contributed by atoms with E-state index >= 15 is 0 Å². The zero-order valence-corrected chi connectivity index (χ0v) is 12.7. The molecule has 0 unspecified atom stereocenters. The van der Waals surface area contributed by atoms with Gasteiger partial charge in [0, 0.05) is 38.2 Å². The number of piperazine rings is 1. The van der Waals surface area contributed by atoms with Crippen molar-refractivity contribution in [2.75, 3.05) is 32.7 Å². The molecule has 2 rings (SSSR count). The summed E-state index contributed by atoms with van der Waals surface area (Å²) in [4.78, 5) is 26.7. The topological polar surface area (TPSA) is 60.9 Å². The number of carbonyl (C=O) groups is 2. The summed E-state index contributed by atoms with van der Waals surface area (Å²) in [6, 6.07) is 4.56. The van der Waals surface area contributed by atoms with Gasteiger partial charge in [0.1, 0.15) is 5.82 Å². The van der Waals surface area contributed by atoms with Crippen LogP contribution in [0.15, 0.2) is 18.2 Å². The molecule has 1 aliphatic rings. The standard InChI is InChI=1S/C16H21FN2O3/c1-12-4-5-13(11-14(12)17)16(22)19-9-7-18(8-10-19)6-2-3-15(20)21/h4-5,11H,2-3,6-10H2,1H3,(H,20,21). The molecule has 1 amide bonds. The number of halogens is 1. The zero-order chi connectivity index (χ0) is 16.1. The Morgan fingerprint density at radius 1 is 1.23 bits per heavy atom. The van der Waals surface area contributed by atoms with Gasteiger partial charge in [-0.3, -0.25) is 14.5 Å². The highest BCUT2D eigenvalue weighted by Gasteiger charge is 2.22. The van der Waals surface area contributed by atoms with Gasteiger partial charge in [0.2, 0.25) is 0 Å². The summed E-state index contributed by atoms with van der Waals surface area (Å²) in [6.45, 7) is 5.01. The van der Waals surface area contributed by atoms with Crippen LogP contribution in [0, 0.1) is 12.7 Å². The first-order chi connectivity index (χ1) is 10.5. The third-order valence-corrected chi connectivity index (χ3v) is 3.94. The fraction of sp³-hybridized carbons (Fsp3) is 0.500. The van der Waals surface area contributed by atoms with Crippen LogP contribution in [0.3, 0.4) is 0 Å². The Labute approximate surface area is 129 Å². The molecule has 1 saturated heterocycles. The van der Waals surface area contributed by atoms with Gasteiger partial charge in [0.25, 0.3) is 5.91 Å². The second kappa shape index (κ2) is 7.35. The summed E-state index contributed by atoms with van der Waals surface area (Å²) in [5.74, 6) is -1.29. The minimum atomic E-state index is -0.782. The molecule has 0 saturated carbocycles. The van der Waals surface area contributed by atoms with Crippen LogP contribution in [0.2, 0.25) is 0 Å². The Hall–Kier alpha value is -1.95. The summed E-state index contributed by atoms with van der Waals surface area (Å²) in [7, 11) is 0. The number of rotatable bonds is 5. The molecule has 1 fully saturated rings. The van der Waals surface area contributed by atoms with Crippen molar-refractivity contribution in [3.63, 3.8) is 0 Å². The van der Waals surface area contributed by atoms with E-state index in [1.807, 2.05) is 0 Å². The average molecular weight is 308 g/mol. The smallest absolute Gasteiger partial charge is 0.303 e. The van der Waals surface area contributed by atoms with E-state index in [0.717, 1.165) is 19.6 Å². The Morgan fingerprint density at radius 3 is 2.50 bits per heavy atom. The highest BCUT2D eigenvalue weighted by molar-refractivity contribution is 5.94. The van der Waals surface area contributed by atoms with E-state index in [-0.39, 0.29) is 18.1 Å². The summed E-state index contributed by atoms with van der Waals surface area (Å²) < 4.78 is 13.5. The van der Waals surface area contributed by atoms with E-state index in [1.54, 1.807) is 24.0 Å². The monoisotopic (exact) mass is 308 g/mol. The molecule has 0 atom stereocenters. The van der Waals surface area contributed by atoms with Crippen molar-refractivity contribution >= 4 is 11.9 Å². The van der Waals surface area contributed by atoms with Gasteiger partial charge >= 0.3 is 5.97 Å². The molecule has 0 spiro atoms. The lowest BCUT2D eigenvalue weighted by Crippen LogP contribution is -2.48. The highest BCUT2D eigenvalue weighted by Crippen LogP contribution is 2.13. The van der Waals surface area contributed by atoms with Gasteiger partial charge in [-0.25, -0.2) is 4.39 Å². The first-order valence-corrected chi connectivity index (χ1v) is 7.47. The number of carboxylic acid groups (broad SMARTS) is 1. The molecule has 1 N–H and O–H groups in total. The van der Waals surface area contributed by atoms with E-state index in [1.165, 1.54) is 6.07 Å². The van der Waals surface area contributed by atoms with Gasteiger partial charge in [0.05, 0.1) is 0 Å². The molecule has 1 aromatic rings. The first-order valence-electron chi connectivity index (χ1n) is 7.47. The number of nitrogens with zero attached hydrogens (tertiary/aromatic N) is 2. The van der Waals surface area contributed by atoms with Crippen LogP contribution >= 0.6 is 0 Å². The van der Waals surface area contributed by atoms with Crippen LogP contribution < -0.4 is 0 Å². The number of hydrogen-bond acceptors (Lipinski definition) is 3. The van der Waals surface area contributed by atoms with Crippen molar-refractivity contribution in [1.82, 2.24) is 9.80 Å². The van der Waals surface area contributed by atoms with Crippen LogP contribution in [-0.2, 0) is 4.79 Å². The maximum atomic E-state index is 13.5. The predicted molar refractivity (Wildman–Crippen MR) is 80.4 cm³/mol. The van der Waals surface area contributed by atoms with Crippen LogP contribution in [0.1, 0.15) is 28.8 Å². The highest BCUT2D eigenvalue weighted by atomic mass is 19.1. The molecule has 0 aromatic heterocycles. The molecule has 0 aliphatic carbocycles. The normalized spacial score (nSPS) is 15.8. The molecule has 120 valence electrons. The number of aryl methyl sites for hydroxylation is 1. The number of amides is 1. The Morgan fingerprint density at radius 2 is 1.91 bits per heavy atom. The summed E-state index contributed by atoms with van der Waals surface area (Å²) >= 11 is 0. The molecule has 1 aromatic carbocycles. The van der Waals surface area contributed by atoms with E-state index in [0.29, 0.717) is 30.6 Å². The van der Waals surface area contributed by atoms with Gasteiger partial charge in [-0.05, 0) is 37.6 Å². The van der Waals surface area contributed by atoms with Gasteiger partial charge in [-0.2, -0.15) is 0 Å². The third-order valence-electron chi connectivity index (χ3n) is 3.94. The number of carboxylic acids is 1. The third kappa shape index (κ3) is 4.27. The van der Waals surface area contributed by atoms with E-state index < -0.39 is 5.97 Å². The summed E-state index contributed by atoms with van der Waals surface area (Å²) in [5, 5.41) is 8.62. The van der Waals surface area contributed by atoms with E-state index in [2.05, 4.69) is 4.90 Å². The van der Waals surface area contributed by atoms with Crippen LogP contribution in [0.5, 0.6) is 0 Å². The van der Waals surface area contributed by atoms with E-state index in [4.69, 9.17) is 5.11 Å². The molecular formula is C16H21FN2O3. The lowest BCUT2D eigenvalue weighted by molar-refractivity contribution is -0.137. The first kappa shape index (κ1) is 16.4. The maximum absolute atomic E-state index is 13.5. The Balaban J connectivity index is 1.84. The number of carbonyl (C=O) groups excluding carboxylic acids is 1. The summed E-state index contributed by atoms with van der Waals surface area (Å²) in [5.41, 5.74) is 0.905. The summed E-state index contributed by atoms with van der Waals surface area (Å²) in [6.07, 6.45) is 0.786. The van der Waals surface area contributed by atoms with Crippen molar-refractivity contribution in [2.24, 2.45) is 0 Å². The van der Waals surface area contributed by atoms with Gasteiger partial charge < -0.3 is 10.0 Å². The molecule has 22 heavy (non-hydrogen) atoms. The number of benzene rings is 1. The second-order valence-corrected chi connectivity index (χ2v) is 5.60. The Bertz CT molecular complexity index is 554. The number of aliphatic carboxylic acids is 1. The maximum Gasteiger partial charge on any atom is 0.303 e. The van der Waals surface area contributed by atoms with Gasteiger partial charge in [0.15, 0.2) is 0 Å². The SMILES string of the molecule is Cc1ccc(C(=O)N2CCN(CCCC(=O)O)CC2)cc1F.